The van der Waals surface area contributed by atoms with Crippen molar-refractivity contribution in [3.8, 4) is 0 Å². The first kappa shape index (κ1) is 16.1. The van der Waals surface area contributed by atoms with Crippen LogP contribution in [0, 0.1) is 0 Å². The van der Waals surface area contributed by atoms with Crippen molar-refractivity contribution >= 4 is 17.7 Å². The van der Waals surface area contributed by atoms with Gasteiger partial charge in [-0.2, -0.15) is 0 Å². The third-order valence-electron chi connectivity index (χ3n) is 2.93. The molecule has 4 heteroatoms. The molecular weight excluding hydrogens is 258 g/mol. The second-order valence-electron chi connectivity index (χ2n) is 4.44. The normalized spacial score (nSPS) is 12.2. The van der Waals surface area contributed by atoms with Crippen LogP contribution in [0.4, 0.5) is 0 Å². The Morgan fingerprint density at radius 1 is 1.37 bits per heavy atom. The molecule has 0 amide bonds. The summed E-state index contributed by atoms with van der Waals surface area (Å²) in [6, 6.07) is 8.62. The fourth-order valence-electron chi connectivity index (χ4n) is 1.53. The molecule has 0 aliphatic rings. The standard InChI is InChI=1S/C15H23NO2S/c1-4-5-10-18-15(17)11-19-14-8-6-13(7-9-14)12(2)16-3/h6-9,12,16H,4-5,10-11H2,1-3H3. The van der Waals surface area contributed by atoms with Crippen LogP contribution in [0.3, 0.4) is 0 Å². The Hall–Kier alpha value is -1.00. The number of unbranched alkanes of at least 4 members (excludes halogenated alkanes) is 1. The third kappa shape index (κ3) is 6.12. The molecule has 0 aromatic heterocycles. The molecule has 0 spiro atoms. The fraction of sp³-hybridized carbons (Fsp3) is 0.533. The van der Waals surface area contributed by atoms with Crippen LogP contribution >= 0.6 is 11.8 Å². The highest BCUT2D eigenvalue weighted by atomic mass is 32.2. The molecule has 0 heterocycles. The third-order valence-corrected chi connectivity index (χ3v) is 3.92. The maximum absolute atomic E-state index is 11.5. The summed E-state index contributed by atoms with van der Waals surface area (Å²) in [6.45, 7) is 4.73. The number of rotatable bonds is 8. The first-order valence-electron chi connectivity index (χ1n) is 6.73. The molecule has 106 valence electrons. The van der Waals surface area contributed by atoms with Crippen LogP contribution in [0.1, 0.15) is 38.3 Å². The van der Waals surface area contributed by atoms with Gasteiger partial charge in [0, 0.05) is 10.9 Å². The van der Waals surface area contributed by atoms with Gasteiger partial charge in [0.25, 0.3) is 0 Å². The smallest absolute Gasteiger partial charge is 0.316 e. The van der Waals surface area contributed by atoms with Crippen molar-refractivity contribution in [1.29, 1.82) is 0 Å². The minimum Gasteiger partial charge on any atom is -0.465 e. The van der Waals surface area contributed by atoms with Gasteiger partial charge in [0.05, 0.1) is 12.4 Å². The molecule has 3 nitrogen and oxygen atoms in total. The van der Waals surface area contributed by atoms with Gasteiger partial charge in [-0.25, -0.2) is 0 Å². The Morgan fingerprint density at radius 3 is 2.63 bits per heavy atom. The summed E-state index contributed by atoms with van der Waals surface area (Å²) in [7, 11) is 1.94. The average molecular weight is 281 g/mol. The van der Waals surface area contributed by atoms with E-state index in [-0.39, 0.29) is 5.97 Å². The number of ether oxygens (including phenoxy) is 1. The summed E-state index contributed by atoms with van der Waals surface area (Å²) >= 11 is 1.52. The largest absolute Gasteiger partial charge is 0.465 e. The number of hydrogen-bond donors (Lipinski definition) is 1. The molecule has 0 fully saturated rings. The molecule has 0 radical (unpaired) electrons. The molecule has 0 saturated heterocycles. The first-order chi connectivity index (χ1) is 9.17. The zero-order valence-corrected chi connectivity index (χ0v) is 12.8. The van der Waals surface area contributed by atoms with Crippen molar-refractivity contribution in [2.24, 2.45) is 0 Å². The summed E-state index contributed by atoms with van der Waals surface area (Å²) in [5, 5.41) is 3.20. The van der Waals surface area contributed by atoms with Gasteiger partial charge in [-0.15, -0.1) is 11.8 Å². The number of thioether (sulfide) groups is 1. The molecule has 0 bridgehead atoms. The second kappa shape index (κ2) is 8.99. The van der Waals surface area contributed by atoms with Gasteiger partial charge in [-0.05, 0) is 38.1 Å². The van der Waals surface area contributed by atoms with E-state index >= 15 is 0 Å². The van der Waals surface area contributed by atoms with Crippen LogP contribution < -0.4 is 5.32 Å². The van der Waals surface area contributed by atoms with Crippen molar-refractivity contribution in [3.63, 3.8) is 0 Å². The lowest BCUT2D eigenvalue weighted by Crippen LogP contribution is -2.12. The zero-order chi connectivity index (χ0) is 14.1. The fourth-order valence-corrected chi connectivity index (χ4v) is 2.23. The minimum absolute atomic E-state index is 0.133. The number of esters is 1. The van der Waals surface area contributed by atoms with E-state index in [0.29, 0.717) is 18.4 Å². The van der Waals surface area contributed by atoms with Gasteiger partial charge in [-0.3, -0.25) is 4.79 Å². The molecule has 1 rings (SSSR count). The lowest BCUT2D eigenvalue weighted by atomic mass is 10.1. The van der Waals surface area contributed by atoms with E-state index < -0.39 is 0 Å². The van der Waals surface area contributed by atoms with E-state index in [1.165, 1.54) is 17.3 Å². The second-order valence-corrected chi connectivity index (χ2v) is 5.49. The molecule has 0 aliphatic heterocycles. The van der Waals surface area contributed by atoms with Crippen LogP contribution in [-0.4, -0.2) is 25.4 Å². The highest BCUT2D eigenvalue weighted by Crippen LogP contribution is 2.21. The molecule has 1 unspecified atom stereocenters. The summed E-state index contributed by atoms with van der Waals surface area (Å²) in [6.07, 6.45) is 1.98. The molecule has 1 aromatic rings. The zero-order valence-electron chi connectivity index (χ0n) is 11.9. The van der Waals surface area contributed by atoms with E-state index in [9.17, 15) is 4.79 Å². The van der Waals surface area contributed by atoms with E-state index in [2.05, 4.69) is 31.3 Å². The molecule has 19 heavy (non-hydrogen) atoms. The van der Waals surface area contributed by atoms with Crippen LogP contribution in [0.25, 0.3) is 0 Å². The van der Waals surface area contributed by atoms with E-state index in [1.807, 2.05) is 19.2 Å². The SMILES string of the molecule is CCCCOC(=O)CSc1ccc(C(C)NC)cc1. The molecule has 0 aliphatic carbocycles. The maximum atomic E-state index is 11.5. The maximum Gasteiger partial charge on any atom is 0.316 e. The number of nitrogens with one attached hydrogen (secondary N) is 1. The Bertz CT molecular complexity index is 378. The van der Waals surface area contributed by atoms with Crippen molar-refractivity contribution in [1.82, 2.24) is 5.32 Å². The summed E-state index contributed by atoms with van der Waals surface area (Å²) in [4.78, 5) is 12.6. The monoisotopic (exact) mass is 281 g/mol. The number of carbonyl (C=O) groups is 1. The predicted molar refractivity (Wildman–Crippen MR) is 80.5 cm³/mol. The van der Waals surface area contributed by atoms with Crippen LogP contribution in [0.2, 0.25) is 0 Å². The van der Waals surface area contributed by atoms with Gasteiger partial charge in [0.1, 0.15) is 0 Å². The summed E-state index contributed by atoms with van der Waals surface area (Å²) in [5.74, 6) is 0.246. The quantitative estimate of drug-likeness (QED) is 0.450. The molecule has 1 atom stereocenters. The molecule has 1 N–H and O–H groups in total. The van der Waals surface area contributed by atoms with Crippen molar-refractivity contribution < 1.29 is 9.53 Å². The Kier molecular flexibility index (Phi) is 7.60. The van der Waals surface area contributed by atoms with Gasteiger partial charge in [0.15, 0.2) is 0 Å². The van der Waals surface area contributed by atoms with Crippen molar-refractivity contribution in [2.75, 3.05) is 19.4 Å². The first-order valence-corrected chi connectivity index (χ1v) is 7.71. The number of carbonyl (C=O) groups excluding carboxylic acids is 1. The molecule has 0 saturated carbocycles. The van der Waals surface area contributed by atoms with Gasteiger partial charge < -0.3 is 10.1 Å². The number of hydrogen-bond acceptors (Lipinski definition) is 4. The highest BCUT2D eigenvalue weighted by molar-refractivity contribution is 8.00. The van der Waals surface area contributed by atoms with E-state index in [0.717, 1.165) is 17.7 Å². The summed E-state index contributed by atoms with van der Waals surface area (Å²) in [5.41, 5.74) is 1.25. The molecule has 1 aromatic carbocycles. The Morgan fingerprint density at radius 2 is 2.05 bits per heavy atom. The van der Waals surface area contributed by atoms with Gasteiger partial charge in [-0.1, -0.05) is 25.5 Å². The van der Waals surface area contributed by atoms with Crippen molar-refractivity contribution in [2.45, 2.75) is 37.6 Å². The predicted octanol–water partition coefficient (Wildman–Crippen LogP) is 3.40. The van der Waals surface area contributed by atoms with Crippen LogP contribution in [0.15, 0.2) is 29.2 Å². The Balaban J connectivity index is 2.35. The Labute approximate surface area is 120 Å². The highest BCUT2D eigenvalue weighted by Gasteiger charge is 2.05. The minimum atomic E-state index is -0.133. The van der Waals surface area contributed by atoms with Crippen LogP contribution in [0.5, 0.6) is 0 Å². The number of benzene rings is 1. The van der Waals surface area contributed by atoms with Crippen molar-refractivity contribution in [3.05, 3.63) is 29.8 Å². The topological polar surface area (TPSA) is 38.3 Å². The van der Waals surface area contributed by atoms with E-state index in [1.54, 1.807) is 0 Å². The van der Waals surface area contributed by atoms with Gasteiger partial charge in [0.2, 0.25) is 0 Å². The lowest BCUT2D eigenvalue weighted by Gasteiger charge is -2.10. The lowest BCUT2D eigenvalue weighted by molar-refractivity contribution is -0.140. The van der Waals surface area contributed by atoms with Gasteiger partial charge >= 0.3 is 5.97 Å². The van der Waals surface area contributed by atoms with Crippen LogP contribution in [-0.2, 0) is 9.53 Å². The molecular formula is C15H23NO2S. The average Bonchev–Trinajstić information content (AvgIpc) is 2.45. The van der Waals surface area contributed by atoms with E-state index in [4.69, 9.17) is 4.74 Å². The summed E-state index contributed by atoms with van der Waals surface area (Å²) < 4.78 is 5.11.